The summed E-state index contributed by atoms with van der Waals surface area (Å²) in [5.74, 6) is 0.0326. The second kappa shape index (κ2) is 21.2. The minimum absolute atomic E-state index is 0.0989. The molecule has 1 aliphatic carbocycles. The van der Waals surface area contributed by atoms with Crippen LogP contribution in [0.5, 0.6) is 0 Å². The topological polar surface area (TPSA) is 152 Å². The zero-order valence-electron chi connectivity index (χ0n) is 32.6. The van der Waals surface area contributed by atoms with Gasteiger partial charge in [-0.05, 0) is 70.6 Å². The van der Waals surface area contributed by atoms with E-state index in [1.807, 2.05) is 50.6 Å². The Kier molecular flexibility index (Phi) is 17.5. The highest BCUT2D eigenvalue weighted by Crippen LogP contribution is 2.37. The molecule has 0 unspecified atom stereocenters. The summed E-state index contributed by atoms with van der Waals surface area (Å²) in [5, 5.41) is 10.9. The highest BCUT2D eigenvalue weighted by molar-refractivity contribution is 6.01. The lowest BCUT2D eigenvalue weighted by atomic mass is 9.75. The van der Waals surface area contributed by atoms with E-state index in [2.05, 4.69) is 24.5 Å². The molecule has 2 amide bonds. The largest absolute Gasteiger partial charge is 0.444 e. The number of anilines is 1. The number of fused-ring (bicyclic) bond motifs is 1. The lowest BCUT2D eigenvalue weighted by Gasteiger charge is -2.29. The molecule has 0 atom stereocenters. The molecule has 0 saturated heterocycles. The van der Waals surface area contributed by atoms with Crippen LogP contribution in [0.4, 0.5) is 10.5 Å². The summed E-state index contributed by atoms with van der Waals surface area (Å²) in [5.41, 5.74) is 3.81. The van der Waals surface area contributed by atoms with Gasteiger partial charge in [-0.2, -0.15) is 5.10 Å². The van der Waals surface area contributed by atoms with Crippen molar-refractivity contribution in [3.63, 3.8) is 0 Å². The van der Waals surface area contributed by atoms with E-state index in [1.54, 1.807) is 19.0 Å². The van der Waals surface area contributed by atoms with Crippen molar-refractivity contribution in [2.45, 2.75) is 72.8 Å². The average molecular weight is 732 g/mol. The summed E-state index contributed by atoms with van der Waals surface area (Å²) in [7, 11) is 3.47. The Morgan fingerprint density at radius 3 is 1.92 bits per heavy atom. The van der Waals surface area contributed by atoms with Crippen LogP contribution >= 0.6 is 0 Å². The van der Waals surface area contributed by atoms with E-state index in [4.69, 9.17) is 33.5 Å². The van der Waals surface area contributed by atoms with Crippen LogP contribution in [-0.4, -0.2) is 131 Å². The molecular weight excluding hydrogens is 670 g/mol. The number of nitrogens with zero attached hydrogens (tertiary/aromatic N) is 3. The third-order valence-electron chi connectivity index (χ3n) is 8.01. The summed E-state index contributed by atoms with van der Waals surface area (Å²) in [4.78, 5) is 39.0. The van der Waals surface area contributed by atoms with Crippen molar-refractivity contribution in [2.24, 2.45) is 5.41 Å². The molecule has 2 aromatic rings. The van der Waals surface area contributed by atoms with E-state index in [1.165, 1.54) is 0 Å². The van der Waals surface area contributed by atoms with Crippen LogP contribution in [0.3, 0.4) is 0 Å². The first kappa shape index (κ1) is 42.8. The van der Waals surface area contributed by atoms with Gasteiger partial charge in [0.25, 0.3) is 5.91 Å². The van der Waals surface area contributed by atoms with Crippen molar-refractivity contribution in [1.82, 2.24) is 20.0 Å². The van der Waals surface area contributed by atoms with Gasteiger partial charge >= 0.3 is 6.09 Å². The van der Waals surface area contributed by atoms with Gasteiger partial charge in [0.15, 0.2) is 5.78 Å². The van der Waals surface area contributed by atoms with Crippen LogP contribution in [-0.2, 0) is 34.8 Å². The lowest BCUT2D eigenvalue weighted by molar-refractivity contribution is -0.0111. The van der Waals surface area contributed by atoms with E-state index < -0.39 is 11.7 Å². The zero-order valence-corrected chi connectivity index (χ0v) is 32.6. The average Bonchev–Trinajstić information content (AvgIpc) is 3.39. The van der Waals surface area contributed by atoms with Crippen LogP contribution in [0.2, 0.25) is 0 Å². The number of amides is 2. The Hall–Kier alpha value is -3.56. The number of hydrogen-bond acceptors (Lipinski definition) is 11. The number of aryl methyl sites for hydroxylation is 1. The van der Waals surface area contributed by atoms with Gasteiger partial charge in [-0.1, -0.05) is 13.8 Å². The summed E-state index contributed by atoms with van der Waals surface area (Å²) in [6.07, 6.45) is 2.26. The first-order chi connectivity index (χ1) is 24.7. The predicted molar refractivity (Wildman–Crippen MR) is 199 cm³/mol. The number of benzene rings is 1. The van der Waals surface area contributed by atoms with Gasteiger partial charge in [0.1, 0.15) is 5.60 Å². The van der Waals surface area contributed by atoms with Crippen molar-refractivity contribution in [3.8, 4) is 5.69 Å². The number of alkyl carbamates (subject to hydrolysis) is 1. The molecular formula is C38H61N5O9. The van der Waals surface area contributed by atoms with Crippen LogP contribution in [0, 0.1) is 12.3 Å². The first-order valence-electron chi connectivity index (χ1n) is 18.3. The molecule has 2 N–H and O–H groups in total. The maximum Gasteiger partial charge on any atom is 0.407 e. The Morgan fingerprint density at radius 2 is 1.38 bits per heavy atom. The van der Waals surface area contributed by atoms with E-state index in [0.29, 0.717) is 103 Å². The van der Waals surface area contributed by atoms with E-state index in [0.717, 1.165) is 35.5 Å². The number of carbonyl (C=O) groups excluding carboxylic acids is 3. The number of Topliss-reactive ketones (excluding diaryl/α,β-unsaturated/α-hetero) is 1. The van der Waals surface area contributed by atoms with Crippen molar-refractivity contribution >= 4 is 23.5 Å². The molecule has 0 radical (unpaired) electrons. The number of rotatable bonds is 23. The molecule has 1 aromatic carbocycles. The monoisotopic (exact) mass is 731 g/mol. The molecule has 0 fully saturated rings. The normalized spacial score (nSPS) is 13.9. The van der Waals surface area contributed by atoms with Crippen molar-refractivity contribution in [3.05, 3.63) is 40.7 Å². The molecule has 0 saturated carbocycles. The number of ketones is 1. The minimum Gasteiger partial charge on any atom is -0.444 e. The number of hydrogen-bond donors (Lipinski definition) is 2. The fraction of sp³-hybridized carbons (Fsp3) is 0.684. The summed E-state index contributed by atoms with van der Waals surface area (Å²) >= 11 is 0. The Morgan fingerprint density at radius 1 is 0.846 bits per heavy atom. The minimum atomic E-state index is -0.504. The molecule has 14 nitrogen and oxygen atoms in total. The highest BCUT2D eigenvalue weighted by atomic mass is 16.6. The van der Waals surface area contributed by atoms with Crippen molar-refractivity contribution < 1.29 is 42.8 Å². The van der Waals surface area contributed by atoms with Gasteiger partial charge in [-0.25, -0.2) is 9.48 Å². The molecule has 1 aromatic heterocycles. The number of carbonyl (C=O) groups is 3. The van der Waals surface area contributed by atoms with Gasteiger partial charge in [-0.3, -0.25) is 9.59 Å². The molecule has 0 aliphatic heterocycles. The third kappa shape index (κ3) is 14.8. The Balaban J connectivity index is 1.24. The van der Waals surface area contributed by atoms with Gasteiger partial charge in [-0.15, -0.1) is 0 Å². The van der Waals surface area contributed by atoms with Crippen LogP contribution in [0.1, 0.15) is 86.0 Å². The highest BCUT2D eigenvalue weighted by Gasteiger charge is 2.36. The molecule has 3 rings (SSSR count). The zero-order chi connectivity index (χ0) is 38.1. The standard InChI is InChI=1S/C38H61N5O9/c1-28-34-32(26-38(5,6)27-33(34)44)43(41-28)29-11-12-30(35(45)42(7)8)31(25-29)39-13-9-15-47-17-19-49-21-23-51-24-22-50-20-18-48-16-10-14-40-36(46)52-37(2,3)4/h11-12,25,39H,9-10,13-24,26-27H2,1-8H3,(H,40,46). The van der Waals surface area contributed by atoms with E-state index >= 15 is 0 Å². The number of aromatic nitrogens is 2. The fourth-order valence-corrected chi connectivity index (χ4v) is 5.65. The quantitative estimate of drug-likeness (QED) is 0.151. The van der Waals surface area contributed by atoms with Crippen LogP contribution < -0.4 is 10.6 Å². The fourth-order valence-electron chi connectivity index (χ4n) is 5.65. The third-order valence-corrected chi connectivity index (χ3v) is 8.01. The van der Waals surface area contributed by atoms with E-state index in [9.17, 15) is 14.4 Å². The van der Waals surface area contributed by atoms with Gasteiger partial charge in [0.05, 0.1) is 81.1 Å². The second-order valence-corrected chi connectivity index (χ2v) is 14.8. The van der Waals surface area contributed by atoms with Crippen LogP contribution in [0.25, 0.3) is 5.69 Å². The number of ether oxygens (including phenoxy) is 6. The summed E-state index contributed by atoms with van der Waals surface area (Å²) in [6, 6.07) is 5.64. The maximum atomic E-state index is 13.0. The smallest absolute Gasteiger partial charge is 0.407 e. The molecule has 1 heterocycles. The SMILES string of the molecule is Cc1nn(-c2ccc(C(=O)N(C)C)c(NCCCOCCOCCOCCOCCOCCCNC(=O)OC(C)(C)C)c2)c2c1C(=O)CC(C)(C)C2. The lowest BCUT2D eigenvalue weighted by Crippen LogP contribution is -2.33. The molecule has 0 spiro atoms. The summed E-state index contributed by atoms with van der Waals surface area (Å²) < 4.78 is 34.9. The first-order valence-corrected chi connectivity index (χ1v) is 18.3. The van der Waals surface area contributed by atoms with Gasteiger partial charge in [0.2, 0.25) is 0 Å². The van der Waals surface area contributed by atoms with Gasteiger partial charge < -0.3 is 44.0 Å². The Bertz CT molecular complexity index is 1430. The molecule has 0 bridgehead atoms. The maximum absolute atomic E-state index is 13.0. The van der Waals surface area contributed by atoms with Crippen LogP contribution in [0.15, 0.2) is 18.2 Å². The van der Waals surface area contributed by atoms with Crippen molar-refractivity contribution in [2.75, 3.05) is 98.6 Å². The Labute approximate surface area is 309 Å². The van der Waals surface area contributed by atoms with E-state index in [-0.39, 0.29) is 17.1 Å². The predicted octanol–water partition coefficient (Wildman–Crippen LogP) is 4.84. The second-order valence-electron chi connectivity index (χ2n) is 14.8. The summed E-state index contributed by atoms with van der Waals surface area (Å²) in [6.45, 7) is 17.5. The number of nitrogens with one attached hydrogen (secondary N) is 2. The molecule has 292 valence electrons. The molecule has 1 aliphatic rings. The molecule has 52 heavy (non-hydrogen) atoms. The van der Waals surface area contributed by atoms with Gasteiger partial charge in [0, 0.05) is 52.5 Å². The van der Waals surface area contributed by atoms with Crippen molar-refractivity contribution in [1.29, 1.82) is 0 Å². The molecule has 14 heteroatoms.